The molecule has 2 unspecified atom stereocenters. The van der Waals surface area contributed by atoms with Crippen LogP contribution in [0.5, 0.6) is 0 Å². The number of carbonyl (C=O) groups is 2. The summed E-state index contributed by atoms with van der Waals surface area (Å²) < 4.78 is 0. The lowest BCUT2D eigenvalue weighted by Gasteiger charge is -2.28. The number of rotatable bonds is 3. The number of benzene rings is 1. The van der Waals surface area contributed by atoms with Crippen molar-refractivity contribution in [3.63, 3.8) is 0 Å². The van der Waals surface area contributed by atoms with Crippen molar-refractivity contribution in [2.75, 3.05) is 11.9 Å². The summed E-state index contributed by atoms with van der Waals surface area (Å²) in [6.45, 7) is 3.03. The molecule has 21 heavy (non-hydrogen) atoms. The summed E-state index contributed by atoms with van der Waals surface area (Å²) >= 11 is 0. The Morgan fingerprint density at radius 1 is 1.33 bits per heavy atom. The van der Waals surface area contributed by atoms with E-state index in [1.165, 1.54) is 25.7 Å². The summed E-state index contributed by atoms with van der Waals surface area (Å²) in [6, 6.07) is 5.45. The van der Waals surface area contributed by atoms with Crippen LogP contribution < -0.4 is 10.6 Å². The lowest BCUT2D eigenvalue weighted by Crippen LogP contribution is -2.33. The van der Waals surface area contributed by atoms with Crippen LogP contribution in [0.4, 0.5) is 5.69 Å². The first-order valence-corrected chi connectivity index (χ1v) is 7.84. The van der Waals surface area contributed by atoms with Crippen molar-refractivity contribution in [2.24, 2.45) is 11.8 Å². The highest BCUT2D eigenvalue weighted by atomic mass is 16.2. The van der Waals surface area contributed by atoms with E-state index in [2.05, 4.69) is 17.6 Å². The van der Waals surface area contributed by atoms with Gasteiger partial charge in [0.1, 0.15) is 0 Å². The van der Waals surface area contributed by atoms with E-state index in [1.807, 2.05) is 6.07 Å². The van der Waals surface area contributed by atoms with Gasteiger partial charge in [0.05, 0.1) is 6.42 Å². The topological polar surface area (TPSA) is 58.2 Å². The minimum absolute atomic E-state index is 0.00131. The quantitative estimate of drug-likeness (QED) is 0.897. The molecule has 2 amide bonds. The second kappa shape index (κ2) is 5.88. The molecule has 2 N–H and O–H groups in total. The first-order valence-electron chi connectivity index (χ1n) is 7.84. The molecular formula is C17H22N2O2. The molecule has 1 heterocycles. The van der Waals surface area contributed by atoms with Gasteiger partial charge < -0.3 is 10.6 Å². The van der Waals surface area contributed by atoms with Gasteiger partial charge in [-0.1, -0.05) is 32.3 Å². The van der Waals surface area contributed by atoms with Gasteiger partial charge in [0.15, 0.2) is 0 Å². The molecule has 3 rings (SSSR count). The molecule has 1 aliphatic heterocycles. The summed E-state index contributed by atoms with van der Waals surface area (Å²) in [5.41, 5.74) is 2.37. The van der Waals surface area contributed by atoms with Gasteiger partial charge in [-0.05, 0) is 36.0 Å². The second-order valence-corrected chi connectivity index (χ2v) is 6.33. The molecule has 0 spiro atoms. The van der Waals surface area contributed by atoms with Crippen molar-refractivity contribution in [1.29, 1.82) is 0 Å². The van der Waals surface area contributed by atoms with Crippen LogP contribution in [0.25, 0.3) is 0 Å². The van der Waals surface area contributed by atoms with E-state index in [1.54, 1.807) is 12.1 Å². The molecule has 0 radical (unpaired) electrons. The summed E-state index contributed by atoms with van der Waals surface area (Å²) in [5, 5.41) is 5.84. The highest BCUT2D eigenvalue weighted by Crippen LogP contribution is 2.29. The number of carbonyl (C=O) groups excluding carboxylic acids is 2. The number of fused-ring (bicyclic) bond motifs is 1. The summed E-state index contributed by atoms with van der Waals surface area (Å²) in [7, 11) is 0. The van der Waals surface area contributed by atoms with E-state index >= 15 is 0 Å². The fourth-order valence-electron chi connectivity index (χ4n) is 3.38. The third kappa shape index (κ3) is 3.09. The normalized spacial score (nSPS) is 24.3. The van der Waals surface area contributed by atoms with Crippen molar-refractivity contribution >= 4 is 17.5 Å². The average Bonchev–Trinajstić information content (AvgIpc) is 2.85. The van der Waals surface area contributed by atoms with Crippen molar-refractivity contribution in [3.05, 3.63) is 29.3 Å². The van der Waals surface area contributed by atoms with Crippen molar-refractivity contribution in [2.45, 2.75) is 39.0 Å². The monoisotopic (exact) mass is 286 g/mol. The Morgan fingerprint density at radius 2 is 2.14 bits per heavy atom. The molecular weight excluding hydrogens is 264 g/mol. The van der Waals surface area contributed by atoms with Crippen LogP contribution in [0, 0.1) is 11.8 Å². The lowest BCUT2D eigenvalue weighted by atomic mass is 9.80. The molecule has 112 valence electrons. The van der Waals surface area contributed by atoms with Crippen molar-refractivity contribution in [1.82, 2.24) is 5.32 Å². The standard InChI is InChI=1S/C17H22N2O2/c1-11-4-2-3-5-14(11)10-18-17(21)13-7-6-12-9-16(20)19-15(12)8-13/h6-8,11,14H,2-5,9-10H2,1H3,(H,18,21)(H,19,20). The Hall–Kier alpha value is -1.84. The molecule has 2 aliphatic rings. The van der Waals surface area contributed by atoms with Gasteiger partial charge in [-0.3, -0.25) is 9.59 Å². The first kappa shape index (κ1) is 14.1. The molecule has 0 saturated heterocycles. The largest absolute Gasteiger partial charge is 0.352 e. The maximum Gasteiger partial charge on any atom is 0.251 e. The second-order valence-electron chi connectivity index (χ2n) is 6.33. The average molecular weight is 286 g/mol. The van der Waals surface area contributed by atoms with Crippen LogP contribution in [-0.4, -0.2) is 18.4 Å². The van der Waals surface area contributed by atoms with Gasteiger partial charge in [-0.15, -0.1) is 0 Å². The van der Waals surface area contributed by atoms with Crippen molar-refractivity contribution in [3.8, 4) is 0 Å². The number of nitrogens with one attached hydrogen (secondary N) is 2. The number of anilines is 1. The molecule has 4 heteroatoms. The molecule has 0 aromatic heterocycles. The van der Waals surface area contributed by atoms with E-state index in [0.29, 0.717) is 23.8 Å². The Balaban J connectivity index is 1.61. The van der Waals surface area contributed by atoms with Crippen LogP contribution in [0.15, 0.2) is 18.2 Å². The third-order valence-electron chi connectivity index (χ3n) is 4.81. The lowest BCUT2D eigenvalue weighted by molar-refractivity contribution is -0.115. The zero-order chi connectivity index (χ0) is 14.8. The number of hydrogen-bond donors (Lipinski definition) is 2. The minimum atomic E-state index is -0.0447. The predicted molar refractivity (Wildman–Crippen MR) is 82.2 cm³/mol. The van der Waals surface area contributed by atoms with Gasteiger partial charge in [0.25, 0.3) is 5.91 Å². The molecule has 2 atom stereocenters. The summed E-state index contributed by atoms with van der Waals surface area (Å²) in [6.07, 6.45) is 5.48. The fraction of sp³-hybridized carbons (Fsp3) is 0.529. The zero-order valence-electron chi connectivity index (χ0n) is 12.4. The molecule has 1 fully saturated rings. The Labute approximate surface area is 125 Å². The van der Waals surface area contributed by atoms with E-state index in [9.17, 15) is 9.59 Å². The highest BCUT2D eigenvalue weighted by molar-refractivity contribution is 6.02. The van der Waals surface area contributed by atoms with Crippen LogP contribution in [0.2, 0.25) is 0 Å². The van der Waals surface area contributed by atoms with Gasteiger partial charge in [0.2, 0.25) is 5.91 Å². The number of amides is 2. The maximum atomic E-state index is 12.3. The zero-order valence-corrected chi connectivity index (χ0v) is 12.4. The molecule has 1 saturated carbocycles. The third-order valence-corrected chi connectivity index (χ3v) is 4.81. The van der Waals surface area contributed by atoms with Crippen LogP contribution in [-0.2, 0) is 11.2 Å². The predicted octanol–water partition coefficient (Wildman–Crippen LogP) is 2.74. The molecule has 4 nitrogen and oxygen atoms in total. The Kier molecular flexibility index (Phi) is 3.95. The fourth-order valence-corrected chi connectivity index (χ4v) is 3.38. The Bertz CT molecular complexity index is 568. The van der Waals surface area contributed by atoms with E-state index in [0.717, 1.165) is 17.8 Å². The summed E-state index contributed by atoms with van der Waals surface area (Å²) in [5.74, 6) is 1.24. The van der Waals surface area contributed by atoms with E-state index in [4.69, 9.17) is 0 Å². The van der Waals surface area contributed by atoms with Crippen molar-refractivity contribution < 1.29 is 9.59 Å². The van der Waals surface area contributed by atoms with E-state index < -0.39 is 0 Å². The molecule has 1 aromatic carbocycles. The van der Waals surface area contributed by atoms with Gasteiger partial charge in [-0.25, -0.2) is 0 Å². The van der Waals surface area contributed by atoms with Crippen LogP contribution in [0.1, 0.15) is 48.5 Å². The maximum absolute atomic E-state index is 12.3. The molecule has 1 aliphatic carbocycles. The SMILES string of the molecule is CC1CCCCC1CNC(=O)c1ccc2c(c1)NC(=O)C2. The molecule has 0 bridgehead atoms. The smallest absolute Gasteiger partial charge is 0.251 e. The highest BCUT2D eigenvalue weighted by Gasteiger charge is 2.23. The molecule has 1 aromatic rings. The van der Waals surface area contributed by atoms with E-state index in [-0.39, 0.29) is 11.8 Å². The first-order chi connectivity index (χ1) is 10.1. The van der Waals surface area contributed by atoms with Crippen LogP contribution >= 0.6 is 0 Å². The number of hydrogen-bond acceptors (Lipinski definition) is 2. The summed E-state index contributed by atoms with van der Waals surface area (Å²) in [4.78, 5) is 23.6. The van der Waals surface area contributed by atoms with Crippen LogP contribution in [0.3, 0.4) is 0 Å². The minimum Gasteiger partial charge on any atom is -0.352 e. The van der Waals surface area contributed by atoms with Gasteiger partial charge >= 0.3 is 0 Å². The Morgan fingerprint density at radius 3 is 2.95 bits per heavy atom. The van der Waals surface area contributed by atoms with Gasteiger partial charge in [-0.2, -0.15) is 0 Å². The van der Waals surface area contributed by atoms with Gasteiger partial charge in [0, 0.05) is 17.8 Å².